The highest BCUT2D eigenvalue weighted by molar-refractivity contribution is 5.73. The summed E-state index contributed by atoms with van der Waals surface area (Å²) in [7, 11) is 0. The fourth-order valence-electron chi connectivity index (χ4n) is 1.31. The summed E-state index contributed by atoms with van der Waals surface area (Å²) in [5.41, 5.74) is 5.30. The van der Waals surface area contributed by atoms with Crippen LogP contribution in [0.5, 0.6) is 0 Å². The Morgan fingerprint density at radius 1 is 1.19 bits per heavy atom. The zero-order valence-corrected chi connectivity index (χ0v) is 9.32. The summed E-state index contributed by atoms with van der Waals surface area (Å²) in [6, 6.07) is -0.576. The van der Waals surface area contributed by atoms with Gasteiger partial charge in [0, 0.05) is 6.42 Å². The van der Waals surface area contributed by atoms with Gasteiger partial charge in [-0.05, 0) is 38.8 Å². The molecule has 0 radical (unpaired) electrons. The van der Waals surface area contributed by atoms with Crippen molar-refractivity contribution in [2.45, 2.75) is 38.1 Å². The van der Waals surface area contributed by atoms with Crippen LogP contribution in [0.3, 0.4) is 0 Å². The fraction of sp³-hybridized carbons (Fsp3) is 0.800. The van der Waals surface area contributed by atoms with Crippen molar-refractivity contribution >= 4 is 11.9 Å². The number of carboxylic acids is 2. The standard InChI is InChI=1S/C10H20N2O4/c11-6-3-4-8(10(15)16)12-7-2-1-5-9(13)14/h8,12H,1-7,11H2,(H,13,14)(H,15,16). The van der Waals surface area contributed by atoms with E-state index >= 15 is 0 Å². The summed E-state index contributed by atoms with van der Waals surface area (Å²) in [6.07, 6.45) is 2.52. The number of nitrogens with two attached hydrogens (primary N) is 1. The van der Waals surface area contributed by atoms with Crippen LogP contribution in [-0.2, 0) is 9.59 Å². The molecule has 0 spiro atoms. The van der Waals surface area contributed by atoms with Crippen molar-refractivity contribution in [1.29, 1.82) is 0 Å². The Kier molecular flexibility index (Phi) is 8.46. The molecule has 0 fully saturated rings. The average Bonchev–Trinajstić information content (AvgIpc) is 2.21. The van der Waals surface area contributed by atoms with Crippen LogP contribution in [0.4, 0.5) is 0 Å². The Morgan fingerprint density at radius 2 is 1.88 bits per heavy atom. The number of nitrogens with one attached hydrogen (secondary N) is 1. The van der Waals surface area contributed by atoms with Gasteiger partial charge >= 0.3 is 11.9 Å². The van der Waals surface area contributed by atoms with Gasteiger partial charge in [0.2, 0.25) is 0 Å². The third-order valence-corrected chi connectivity index (χ3v) is 2.20. The molecule has 0 heterocycles. The van der Waals surface area contributed by atoms with Gasteiger partial charge < -0.3 is 21.3 Å². The molecule has 5 N–H and O–H groups in total. The minimum Gasteiger partial charge on any atom is -0.481 e. The van der Waals surface area contributed by atoms with Crippen LogP contribution in [0.15, 0.2) is 0 Å². The Balaban J connectivity index is 3.60. The highest BCUT2D eigenvalue weighted by atomic mass is 16.4. The number of hydrogen-bond donors (Lipinski definition) is 4. The minimum absolute atomic E-state index is 0.127. The molecule has 0 aliphatic heterocycles. The third-order valence-electron chi connectivity index (χ3n) is 2.20. The average molecular weight is 232 g/mol. The van der Waals surface area contributed by atoms with Crippen LogP contribution in [0.2, 0.25) is 0 Å². The summed E-state index contributed by atoms with van der Waals surface area (Å²) in [5, 5.41) is 20.1. The van der Waals surface area contributed by atoms with Crippen molar-refractivity contribution in [3.8, 4) is 0 Å². The molecular formula is C10H20N2O4. The molecule has 0 aliphatic rings. The number of unbranched alkanes of at least 4 members (excludes halogenated alkanes) is 1. The second kappa shape index (κ2) is 9.11. The lowest BCUT2D eigenvalue weighted by Crippen LogP contribution is -2.37. The molecule has 6 heteroatoms. The van der Waals surface area contributed by atoms with Crippen LogP contribution in [0.1, 0.15) is 32.1 Å². The number of aliphatic carboxylic acids is 2. The highest BCUT2D eigenvalue weighted by Crippen LogP contribution is 1.99. The first-order valence-electron chi connectivity index (χ1n) is 5.46. The fourth-order valence-corrected chi connectivity index (χ4v) is 1.31. The lowest BCUT2D eigenvalue weighted by Gasteiger charge is -2.13. The first-order valence-corrected chi connectivity index (χ1v) is 5.46. The second-order valence-electron chi connectivity index (χ2n) is 3.63. The van der Waals surface area contributed by atoms with E-state index < -0.39 is 18.0 Å². The molecule has 0 amide bonds. The summed E-state index contributed by atoms with van der Waals surface area (Å²) in [5.74, 6) is -1.70. The van der Waals surface area contributed by atoms with Gasteiger partial charge in [-0.25, -0.2) is 0 Å². The van der Waals surface area contributed by atoms with Gasteiger partial charge in [0.15, 0.2) is 0 Å². The zero-order chi connectivity index (χ0) is 12.4. The number of hydrogen-bond acceptors (Lipinski definition) is 4. The van der Waals surface area contributed by atoms with E-state index in [-0.39, 0.29) is 6.42 Å². The SMILES string of the molecule is NCCCC(NCCCCC(=O)O)C(=O)O. The lowest BCUT2D eigenvalue weighted by atomic mass is 10.1. The highest BCUT2D eigenvalue weighted by Gasteiger charge is 2.15. The topological polar surface area (TPSA) is 113 Å². The number of carboxylic acid groups (broad SMARTS) is 2. The molecule has 16 heavy (non-hydrogen) atoms. The summed E-state index contributed by atoms with van der Waals surface area (Å²) >= 11 is 0. The van der Waals surface area contributed by atoms with Crippen molar-refractivity contribution in [2.75, 3.05) is 13.1 Å². The largest absolute Gasteiger partial charge is 0.481 e. The summed E-state index contributed by atoms with van der Waals surface area (Å²) < 4.78 is 0. The van der Waals surface area contributed by atoms with Gasteiger partial charge in [-0.2, -0.15) is 0 Å². The molecular weight excluding hydrogens is 212 g/mol. The smallest absolute Gasteiger partial charge is 0.320 e. The maximum Gasteiger partial charge on any atom is 0.320 e. The quantitative estimate of drug-likeness (QED) is 0.395. The van der Waals surface area contributed by atoms with E-state index in [1.165, 1.54) is 0 Å². The molecule has 0 aliphatic carbocycles. The molecule has 1 unspecified atom stereocenters. The Hall–Kier alpha value is -1.14. The first-order chi connectivity index (χ1) is 7.57. The van der Waals surface area contributed by atoms with E-state index in [2.05, 4.69) is 5.32 Å². The normalized spacial score (nSPS) is 12.3. The monoisotopic (exact) mass is 232 g/mol. The van der Waals surface area contributed by atoms with Crippen LogP contribution >= 0.6 is 0 Å². The first kappa shape index (κ1) is 14.9. The van der Waals surface area contributed by atoms with Gasteiger partial charge in [-0.15, -0.1) is 0 Å². The van der Waals surface area contributed by atoms with E-state index in [9.17, 15) is 9.59 Å². The van der Waals surface area contributed by atoms with Crippen LogP contribution in [0, 0.1) is 0 Å². The van der Waals surface area contributed by atoms with Crippen molar-refractivity contribution in [3.05, 3.63) is 0 Å². The van der Waals surface area contributed by atoms with E-state index in [1.807, 2.05) is 0 Å². The van der Waals surface area contributed by atoms with Crippen molar-refractivity contribution < 1.29 is 19.8 Å². The van der Waals surface area contributed by atoms with Gasteiger partial charge in [0.25, 0.3) is 0 Å². The zero-order valence-electron chi connectivity index (χ0n) is 9.32. The summed E-state index contributed by atoms with van der Waals surface area (Å²) in [4.78, 5) is 21.0. The minimum atomic E-state index is -0.883. The molecule has 0 aromatic carbocycles. The van der Waals surface area contributed by atoms with Gasteiger partial charge in [0.05, 0.1) is 0 Å². The molecule has 1 atom stereocenters. The van der Waals surface area contributed by atoms with Gasteiger partial charge in [0.1, 0.15) is 6.04 Å². The summed E-state index contributed by atoms with van der Waals surface area (Å²) in [6.45, 7) is 0.999. The Labute approximate surface area is 94.8 Å². The van der Waals surface area contributed by atoms with Crippen LogP contribution in [0.25, 0.3) is 0 Å². The lowest BCUT2D eigenvalue weighted by molar-refractivity contribution is -0.140. The number of rotatable bonds is 10. The molecule has 0 aromatic rings. The molecule has 0 rings (SSSR count). The Bertz CT molecular complexity index is 221. The molecule has 0 saturated heterocycles. The van der Waals surface area contributed by atoms with Crippen molar-refractivity contribution in [1.82, 2.24) is 5.32 Å². The van der Waals surface area contributed by atoms with Gasteiger partial charge in [-0.3, -0.25) is 9.59 Å². The predicted molar refractivity (Wildman–Crippen MR) is 59.2 cm³/mol. The van der Waals surface area contributed by atoms with E-state index in [1.54, 1.807) is 0 Å². The second-order valence-corrected chi connectivity index (χ2v) is 3.63. The van der Waals surface area contributed by atoms with Crippen LogP contribution in [-0.4, -0.2) is 41.3 Å². The van der Waals surface area contributed by atoms with Crippen LogP contribution < -0.4 is 11.1 Å². The van der Waals surface area contributed by atoms with Crippen molar-refractivity contribution in [2.24, 2.45) is 5.73 Å². The van der Waals surface area contributed by atoms with E-state index in [0.29, 0.717) is 38.8 Å². The number of carbonyl (C=O) groups is 2. The van der Waals surface area contributed by atoms with Gasteiger partial charge in [-0.1, -0.05) is 0 Å². The predicted octanol–water partition coefficient (Wildman–Crippen LogP) is 0.0230. The maximum absolute atomic E-state index is 10.8. The Morgan fingerprint density at radius 3 is 2.38 bits per heavy atom. The van der Waals surface area contributed by atoms with Crippen molar-refractivity contribution in [3.63, 3.8) is 0 Å². The molecule has 6 nitrogen and oxygen atoms in total. The van der Waals surface area contributed by atoms with E-state index in [4.69, 9.17) is 15.9 Å². The van der Waals surface area contributed by atoms with E-state index in [0.717, 1.165) is 0 Å². The maximum atomic E-state index is 10.8. The molecule has 0 bridgehead atoms. The third kappa shape index (κ3) is 8.19. The molecule has 94 valence electrons. The molecule has 0 saturated carbocycles. The molecule has 0 aromatic heterocycles.